The molecule has 0 unspecified atom stereocenters. The fraction of sp³-hybridized carbons (Fsp3) is 0.533. The number of carboxylic acid groups (broad SMARTS) is 1. The van der Waals surface area contributed by atoms with Crippen molar-refractivity contribution in [2.45, 2.75) is 39.3 Å². The molecule has 22 heavy (non-hydrogen) atoms. The van der Waals surface area contributed by atoms with E-state index in [1.807, 2.05) is 25.7 Å². The molecule has 7 nitrogen and oxygen atoms in total. The van der Waals surface area contributed by atoms with Crippen LogP contribution in [0.3, 0.4) is 0 Å². The van der Waals surface area contributed by atoms with Gasteiger partial charge in [-0.2, -0.15) is 0 Å². The zero-order valence-electron chi connectivity index (χ0n) is 13.2. The molecule has 0 saturated carbocycles. The number of aromatic nitrogens is 1. The van der Waals surface area contributed by atoms with Crippen molar-refractivity contribution in [3.63, 3.8) is 0 Å². The summed E-state index contributed by atoms with van der Waals surface area (Å²) in [5, 5.41) is 11.9. The summed E-state index contributed by atoms with van der Waals surface area (Å²) < 4.78 is 5.19. The SMILES string of the molecule is Cc1ccc(N2CC(NC(=O)OC(C)(C)C)C2)nc1C(=O)O. The number of hydrogen-bond acceptors (Lipinski definition) is 5. The topological polar surface area (TPSA) is 91.8 Å². The maximum Gasteiger partial charge on any atom is 0.407 e. The van der Waals surface area contributed by atoms with Crippen LogP contribution in [-0.4, -0.2) is 46.9 Å². The summed E-state index contributed by atoms with van der Waals surface area (Å²) in [6.07, 6.45) is -0.444. The molecule has 2 heterocycles. The second-order valence-electron chi connectivity index (χ2n) is 6.39. The maximum atomic E-state index is 11.6. The third-order valence-corrected chi connectivity index (χ3v) is 3.21. The fourth-order valence-corrected chi connectivity index (χ4v) is 2.14. The highest BCUT2D eigenvalue weighted by Gasteiger charge is 2.31. The second kappa shape index (κ2) is 5.82. The third kappa shape index (κ3) is 3.87. The van der Waals surface area contributed by atoms with E-state index in [2.05, 4.69) is 10.3 Å². The van der Waals surface area contributed by atoms with Crippen molar-refractivity contribution in [2.24, 2.45) is 0 Å². The first-order valence-corrected chi connectivity index (χ1v) is 7.11. The molecule has 1 fully saturated rings. The highest BCUT2D eigenvalue weighted by Crippen LogP contribution is 2.21. The van der Waals surface area contributed by atoms with Gasteiger partial charge in [0.25, 0.3) is 0 Å². The lowest BCUT2D eigenvalue weighted by molar-refractivity contribution is 0.0495. The van der Waals surface area contributed by atoms with Gasteiger partial charge >= 0.3 is 12.1 Å². The van der Waals surface area contributed by atoms with Gasteiger partial charge in [0.1, 0.15) is 11.4 Å². The number of aromatic carboxylic acids is 1. The number of rotatable bonds is 3. The molecule has 0 bridgehead atoms. The Kier molecular flexibility index (Phi) is 4.25. The minimum atomic E-state index is -1.04. The fourth-order valence-electron chi connectivity index (χ4n) is 2.14. The van der Waals surface area contributed by atoms with Gasteiger partial charge in [0, 0.05) is 13.1 Å². The first kappa shape index (κ1) is 16.1. The number of amides is 1. The number of carbonyl (C=O) groups excluding carboxylic acids is 1. The van der Waals surface area contributed by atoms with E-state index in [0.717, 1.165) is 0 Å². The Bertz CT molecular complexity index is 589. The Morgan fingerprint density at radius 3 is 2.55 bits per heavy atom. The molecule has 2 N–H and O–H groups in total. The number of nitrogens with zero attached hydrogens (tertiary/aromatic N) is 2. The van der Waals surface area contributed by atoms with Crippen LogP contribution >= 0.6 is 0 Å². The van der Waals surface area contributed by atoms with Gasteiger partial charge in [-0.3, -0.25) is 0 Å². The van der Waals surface area contributed by atoms with Crippen LogP contribution in [-0.2, 0) is 4.74 Å². The van der Waals surface area contributed by atoms with Crippen LogP contribution in [0.2, 0.25) is 0 Å². The number of carboxylic acids is 1. The maximum absolute atomic E-state index is 11.6. The summed E-state index contributed by atoms with van der Waals surface area (Å²) in [5.74, 6) is -0.437. The molecule has 7 heteroatoms. The molecule has 1 amide bonds. The molecule has 1 aromatic heterocycles. The molecular formula is C15H21N3O4. The van der Waals surface area contributed by atoms with E-state index in [1.165, 1.54) is 0 Å². The van der Waals surface area contributed by atoms with E-state index in [4.69, 9.17) is 9.84 Å². The van der Waals surface area contributed by atoms with Crippen LogP contribution < -0.4 is 10.2 Å². The third-order valence-electron chi connectivity index (χ3n) is 3.21. The Balaban J connectivity index is 1.90. The average molecular weight is 307 g/mol. The number of anilines is 1. The van der Waals surface area contributed by atoms with Crippen molar-refractivity contribution < 1.29 is 19.4 Å². The summed E-state index contributed by atoms with van der Waals surface area (Å²) in [6, 6.07) is 3.50. The predicted molar refractivity (Wildman–Crippen MR) is 81.3 cm³/mol. The van der Waals surface area contributed by atoms with Gasteiger partial charge < -0.3 is 20.1 Å². The van der Waals surface area contributed by atoms with Crippen LogP contribution in [0.25, 0.3) is 0 Å². The lowest BCUT2D eigenvalue weighted by Crippen LogP contribution is -2.60. The standard InChI is InChI=1S/C15H21N3O4/c1-9-5-6-11(17-12(9)13(19)20)18-7-10(8-18)16-14(21)22-15(2,3)4/h5-6,10H,7-8H2,1-4H3,(H,16,21)(H,19,20). The number of alkyl carbamates (subject to hydrolysis) is 1. The number of hydrogen-bond donors (Lipinski definition) is 2. The van der Waals surface area contributed by atoms with Gasteiger partial charge in [-0.25, -0.2) is 14.6 Å². The average Bonchev–Trinajstić information content (AvgIpc) is 2.31. The normalized spacial score (nSPS) is 15.2. The molecule has 0 spiro atoms. The summed E-state index contributed by atoms with van der Waals surface area (Å²) in [6.45, 7) is 8.29. The number of aryl methyl sites for hydroxylation is 1. The van der Waals surface area contributed by atoms with E-state index in [-0.39, 0.29) is 11.7 Å². The monoisotopic (exact) mass is 307 g/mol. The van der Waals surface area contributed by atoms with E-state index in [0.29, 0.717) is 24.5 Å². The molecule has 0 aromatic carbocycles. The number of pyridine rings is 1. The molecule has 0 radical (unpaired) electrons. The van der Waals surface area contributed by atoms with Gasteiger partial charge in [0.05, 0.1) is 6.04 Å². The lowest BCUT2D eigenvalue weighted by atomic mass is 10.1. The summed E-state index contributed by atoms with van der Waals surface area (Å²) in [5.41, 5.74) is 0.156. The van der Waals surface area contributed by atoms with Crippen LogP contribution in [0, 0.1) is 6.92 Å². The van der Waals surface area contributed by atoms with E-state index < -0.39 is 17.7 Å². The van der Waals surface area contributed by atoms with Gasteiger partial charge in [0.15, 0.2) is 5.69 Å². The molecule has 120 valence electrons. The molecule has 0 atom stereocenters. The Labute approximate surface area is 129 Å². The van der Waals surface area contributed by atoms with Crippen molar-refractivity contribution in [1.82, 2.24) is 10.3 Å². The minimum absolute atomic E-state index is 0.0220. The molecule has 0 aliphatic carbocycles. The summed E-state index contributed by atoms with van der Waals surface area (Å²) >= 11 is 0. The zero-order valence-corrected chi connectivity index (χ0v) is 13.2. The van der Waals surface area contributed by atoms with Gasteiger partial charge in [0.2, 0.25) is 0 Å². The van der Waals surface area contributed by atoms with E-state index >= 15 is 0 Å². The van der Waals surface area contributed by atoms with Crippen molar-refractivity contribution in [3.8, 4) is 0 Å². The molecule has 1 aliphatic rings. The van der Waals surface area contributed by atoms with Gasteiger partial charge in [-0.1, -0.05) is 6.07 Å². The number of ether oxygens (including phenoxy) is 1. The largest absolute Gasteiger partial charge is 0.477 e. The highest BCUT2D eigenvalue weighted by molar-refractivity contribution is 5.87. The predicted octanol–water partition coefficient (Wildman–Crippen LogP) is 1.80. The van der Waals surface area contributed by atoms with Crippen molar-refractivity contribution in [1.29, 1.82) is 0 Å². The van der Waals surface area contributed by atoms with Crippen LogP contribution in [0.15, 0.2) is 12.1 Å². The van der Waals surface area contributed by atoms with E-state index in [9.17, 15) is 9.59 Å². The Hall–Kier alpha value is -2.31. The lowest BCUT2D eigenvalue weighted by Gasteiger charge is -2.40. The molecular weight excluding hydrogens is 286 g/mol. The minimum Gasteiger partial charge on any atom is -0.477 e. The van der Waals surface area contributed by atoms with Crippen molar-refractivity contribution >= 4 is 17.9 Å². The second-order valence-corrected chi connectivity index (χ2v) is 6.39. The Morgan fingerprint density at radius 1 is 1.36 bits per heavy atom. The van der Waals surface area contributed by atoms with Crippen LogP contribution in [0.4, 0.5) is 10.6 Å². The molecule has 1 saturated heterocycles. The quantitative estimate of drug-likeness (QED) is 0.884. The van der Waals surface area contributed by atoms with Crippen LogP contribution in [0.1, 0.15) is 36.8 Å². The molecule has 1 aliphatic heterocycles. The van der Waals surface area contributed by atoms with Crippen molar-refractivity contribution in [3.05, 3.63) is 23.4 Å². The first-order valence-electron chi connectivity index (χ1n) is 7.11. The van der Waals surface area contributed by atoms with Crippen molar-refractivity contribution in [2.75, 3.05) is 18.0 Å². The Morgan fingerprint density at radius 2 is 2.00 bits per heavy atom. The number of carbonyl (C=O) groups is 2. The summed E-state index contributed by atoms with van der Waals surface area (Å²) in [7, 11) is 0. The molecule has 1 aromatic rings. The smallest absolute Gasteiger partial charge is 0.407 e. The van der Waals surface area contributed by atoms with E-state index in [1.54, 1.807) is 19.1 Å². The van der Waals surface area contributed by atoms with Crippen LogP contribution in [0.5, 0.6) is 0 Å². The molecule has 2 rings (SSSR count). The first-order chi connectivity index (χ1) is 10.2. The summed E-state index contributed by atoms with van der Waals surface area (Å²) in [4.78, 5) is 28.8. The zero-order chi connectivity index (χ0) is 16.5. The number of nitrogens with one attached hydrogen (secondary N) is 1. The van der Waals surface area contributed by atoms with Gasteiger partial charge in [-0.05, 0) is 39.3 Å². The highest BCUT2D eigenvalue weighted by atomic mass is 16.6. The van der Waals surface area contributed by atoms with Gasteiger partial charge in [-0.15, -0.1) is 0 Å².